The van der Waals surface area contributed by atoms with Gasteiger partial charge in [0, 0.05) is 57.0 Å². The average Bonchev–Trinajstić information content (AvgIpc) is 0.782. The van der Waals surface area contributed by atoms with E-state index in [1.165, 1.54) is 18.7 Å². The fourth-order valence-electron chi connectivity index (χ4n) is 11.7. The van der Waals surface area contributed by atoms with E-state index in [-0.39, 0.29) is 76.7 Å². The number of benzene rings is 1. The highest BCUT2D eigenvalue weighted by atomic mass is 32.2. The molecule has 28 heteroatoms. The van der Waals surface area contributed by atoms with Crippen molar-refractivity contribution in [3.63, 3.8) is 0 Å². The molecule has 22 atom stereocenters. The maximum absolute atomic E-state index is 14.4. The van der Waals surface area contributed by atoms with Crippen molar-refractivity contribution in [2.75, 3.05) is 38.3 Å². The average molecular weight is 1430 g/mol. The van der Waals surface area contributed by atoms with Crippen molar-refractivity contribution >= 4 is 47.8 Å². The van der Waals surface area contributed by atoms with E-state index < -0.39 is 183 Å². The van der Waals surface area contributed by atoms with Gasteiger partial charge < -0.3 is 107 Å². The number of nitrogens with two attached hydrogens (primary N) is 1. The zero-order chi connectivity index (χ0) is 73.9. The van der Waals surface area contributed by atoms with Crippen LogP contribution in [0.15, 0.2) is 115 Å². The number of nitrogens with one attached hydrogen (secondary N) is 5. The quantitative estimate of drug-likeness (QED) is 0.0413. The van der Waals surface area contributed by atoms with Gasteiger partial charge >= 0.3 is 5.97 Å². The first-order valence-corrected chi connectivity index (χ1v) is 35.9. The predicted molar refractivity (Wildman–Crippen MR) is 376 cm³/mol. The van der Waals surface area contributed by atoms with Gasteiger partial charge in [0.05, 0.1) is 98.7 Å². The molecule has 2 saturated heterocycles. The van der Waals surface area contributed by atoms with Gasteiger partial charge in [-0.15, -0.1) is 0 Å². The smallest absolute Gasteiger partial charge is 0.308 e. The van der Waals surface area contributed by atoms with Crippen LogP contribution in [0.25, 0.3) is 0 Å². The molecule has 0 unspecified atom stereocenters. The van der Waals surface area contributed by atoms with Crippen LogP contribution in [0.4, 0.5) is 0 Å². The Kier molecular flexibility index (Phi) is 39.6. The number of rotatable bonds is 23. The van der Waals surface area contributed by atoms with Crippen LogP contribution < -0.4 is 32.3 Å². The first-order valence-electron chi connectivity index (χ1n) is 34.5. The molecular formula is C72H112N6O21S. The maximum atomic E-state index is 14.4. The summed E-state index contributed by atoms with van der Waals surface area (Å²) in [5.41, 5.74) is 6.93. The highest BCUT2D eigenvalue weighted by molar-refractivity contribution is 7.98. The Morgan fingerprint density at radius 2 is 1.28 bits per heavy atom. The Balaban J connectivity index is 1.55. The normalized spacial score (nSPS) is 34.4. The van der Waals surface area contributed by atoms with Crippen LogP contribution in [0.5, 0.6) is 0 Å². The summed E-state index contributed by atoms with van der Waals surface area (Å²) in [7, 11) is 0. The Bertz CT molecular complexity index is 2830. The number of hydrogen-bond acceptors (Lipinski definition) is 23. The molecule has 0 radical (unpaired) electrons. The second-order valence-corrected chi connectivity index (χ2v) is 27.5. The SMILES string of the molecule is CSCC[C@H](NC=O)C(=O)N[C@@H](CC(C)C)C(=O)N[C@@H](Cc1ccccc1)C(=O)NCCOCCNC(=O)[C@H]1[C@@H]2C[C@@H](O[C@@H]3O[C@H](C)[C@@H](O)[C@H](N)[C@@H]3O)/C=C/C=C/C=C/C=C/C=C/C=C/C=C/[C@H](C)[C@@H](O)[C@@H](C)[C@H](C)OC(=O)C[C@H](O)C[C@H](O)CC[C@@H](O)[C@H](O)C[C@H](O)C[C@](O)(C[C@@H]1O)O2. The molecule has 17 N–H and O–H groups in total. The number of carbonyl (C=O) groups is 6. The Labute approximate surface area is 591 Å². The highest BCUT2D eigenvalue weighted by Gasteiger charge is 2.51. The summed E-state index contributed by atoms with van der Waals surface area (Å²) < 4.78 is 29.8. The van der Waals surface area contributed by atoms with Gasteiger partial charge in [-0.3, -0.25) is 28.8 Å². The summed E-state index contributed by atoms with van der Waals surface area (Å²) in [5, 5.41) is 125. The molecule has 0 saturated carbocycles. The number of aliphatic hydroxyl groups excluding tert-OH is 9. The van der Waals surface area contributed by atoms with Gasteiger partial charge in [-0.25, -0.2) is 0 Å². The summed E-state index contributed by atoms with van der Waals surface area (Å²) in [6.45, 7) is 10.1. The van der Waals surface area contributed by atoms with Crippen LogP contribution >= 0.6 is 11.8 Å². The van der Waals surface area contributed by atoms with Crippen LogP contribution in [-0.2, 0) is 58.9 Å². The standard InChI is InChI=1S/C72H112N6O21S/c1-44(2)35-55(77-68(91)54(76-43-79)29-34-100-7)69(92)78-56(36-49-24-20-18-21-25-49)67(90)74-30-32-95-33-31-75-70(93)62-59(85)42-72(94)41-52(82)38-58(84)57(83)28-27-50(80)37-51(81)39-61(86)96-47(5)46(4)64(87)45(3)23-19-16-14-12-10-8-9-11-13-15-17-22-26-53(40-60(62)99-72)98-71-66(89)63(73)65(88)48(6)97-71/h8-26,43-48,50-60,62-66,71,80-85,87-89,94H,27-42,73H2,1-7H3,(H,74,90)(H,75,93)(H,76,79)(H,77,91)(H,78,92)/b9-8+,12-10+,13-11+,16-14+,17-15+,23-19+,26-22+/t45-,46-,47-,48+,50+,51+,52-,53-,54-,55-,56-,57+,58+,59-,60-,62+,63-,64+,65+,66-,71-,72+/m0/s1. The molecule has 2 bridgehead atoms. The molecule has 4 rings (SSSR count). The van der Waals surface area contributed by atoms with Gasteiger partial charge in [0.1, 0.15) is 30.3 Å². The number of cyclic esters (lactones) is 1. The minimum absolute atomic E-state index is 0.0402. The van der Waals surface area contributed by atoms with E-state index in [0.717, 1.165) is 5.56 Å². The fraction of sp³-hybridized carbons (Fsp3) is 0.639. The summed E-state index contributed by atoms with van der Waals surface area (Å²) in [5.74, 6) is -7.32. The number of amides is 5. The summed E-state index contributed by atoms with van der Waals surface area (Å²) in [6, 6.07) is 4.77. The van der Waals surface area contributed by atoms with Crippen molar-refractivity contribution in [2.45, 2.75) is 228 Å². The van der Waals surface area contributed by atoms with Gasteiger partial charge in [0.2, 0.25) is 30.0 Å². The van der Waals surface area contributed by atoms with Crippen molar-refractivity contribution in [3.05, 3.63) is 121 Å². The number of hydrogen-bond donors (Lipinski definition) is 16. The maximum Gasteiger partial charge on any atom is 0.308 e. The molecule has 1 aromatic rings. The lowest BCUT2D eigenvalue weighted by atomic mass is 9.82. The molecule has 1 aromatic carbocycles. The molecule has 0 spiro atoms. The van der Waals surface area contributed by atoms with Gasteiger partial charge in [0.25, 0.3) is 0 Å². The zero-order valence-corrected chi connectivity index (χ0v) is 59.3. The third-order valence-corrected chi connectivity index (χ3v) is 18.2. The zero-order valence-electron chi connectivity index (χ0n) is 58.5. The number of allylic oxidation sites excluding steroid dienone is 12. The highest BCUT2D eigenvalue weighted by Crippen LogP contribution is 2.38. The fourth-order valence-corrected chi connectivity index (χ4v) is 12.2. The lowest BCUT2D eigenvalue weighted by Gasteiger charge is -2.46. The van der Waals surface area contributed by atoms with Crippen molar-refractivity contribution < 1.29 is 104 Å². The van der Waals surface area contributed by atoms with Crippen molar-refractivity contribution in [2.24, 2.45) is 29.4 Å². The van der Waals surface area contributed by atoms with E-state index in [2.05, 4.69) is 26.6 Å². The lowest BCUT2D eigenvalue weighted by Crippen LogP contribution is -2.62. The molecule has 2 fully saturated rings. The molecule has 100 heavy (non-hydrogen) atoms. The third kappa shape index (κ3) is 31.3. The molecule has 3 aliphatic rings. The Hall–Kier alpha value is -6.03. The number of carbonyl (C=O) groups excluding carboxylic acids is 6. The second-order valence-electron chi connectivity index (χ2n) is 26.5. The van der Waals surface area contributed by atoms with Crippen LogP contribution in [0.2, 0.25) is 0 Å². The summed E-state index contributed by atoms with van der Waals surface area (Å²) >= 11 is 1.49. The van der Waals surface area contributed by atoms with E-state index in [4.69, 9.17) is 29.4 Å². The molecule has 5 amide bonds. The van der Waals surface area contributed by atoms with Gasteiger partial charge in [-0.05, 0) is 69.4 Å². The molecule has 0 aromatic heterocycles. The van der Waals surface area contributed by atoms with Crippen molar-refractivity contribution in [3.8, 4) is 0 Å². The second kappa shape index (κ2) is 45.8. The molecule has 3 aliphatic heterocycles. The van der Waals surface area contributed by atoms with Crippen LogP contribution in [-0.4, -0.2) is 241 Å². The minimum atomic E-state index is -2.40. The molecule has 0 aliphatic carbocycles. The van der Waals surface area contributed by atoms with E-state index in [1.54, 1.807) is 117 Å². The van der Waals surface area contributed by atoms with Crippen molar-refractivity contribution in [1.29, 1.82) is 0 Å². The van der Waals surface area contributed by atoms with Crippen LogP contribution in [0.3, 0.4) is 0 Å². The monoisotopic (exact) mass is 1430 g/mol. The van der Waals surface area contributed by atoms with Crippen LogP contribution in [0, 0.1) is 23.7 Å². The number of fused-ring (bicyclic) bond motifs is 2. The van der Waals surface area contributed by atoms with Gasteiger partial charge in [-0.2, -0.15) is 11.8 Å². The first kappa shape index (κ1) is 86.4. The Morgan fingerprint density at radius 3 is 1.90 bits per heavy atom. The van der Waals surface area contributed by atoms with Gasteiger partial charge in [0.15, 0.2) is 12.1 Å². The Morgan fingerprint density at radius 1 is 0.680 bits per heavy atom. The molecule has 3 heterocycles. The van der Waals surface area contributed by atoms with E-state index >= 15 is 0 Å². The lowest BCUT2D eigenvalue weighted by molar-refractivity contribution is -0.307. The van der Waals surface area contributed by atoms with E-state index in [9.17, 15) is 79.8 Å². The topological polar surface area (TPSA) is 437 Å². The number of aliphatic hydroxyl groups is 10. The minimum Gasteiger partial charge on any atom is -0.462 e. The third-order valence-electron chi connectivity index (χ3n) is 17.6. The number of ether oxygens (including phenoxy) is 5. The summed E-state index contributed by atoms with van der Waals surface area (Å²) in [4.78, 5) is 79.7. The van der Waals surface area contributed by atoms with Crippen molar-refractivity contribution in [1.82, 2.24) is 26.6 Å². The largest absolute Gasteiger partial charge is 0.462 e. The van der Waals surface area contributed by atoms with E-state index in [0.29, 0.717) is 18.6 Å². The predicted octanol–water partition coefficient (Wildman–Crippen LogP) is 1.00. The number of thioether (sulfide) groups is 1. The summed E-state index contributed by atoms with van der Waals surface area (Å²) in [6.07, 6.45) is 5.60. The first-order chi connectivity index (χ1) is 47.6. The molecule has 562 valence electrons. The van der Waals surface area contributed by atoms with Gasteiger partial charge in [-0.1, -0.05) is 143 Å². The van der Waals surface area contributed by atoms with E-state index in [1.807, 2.05) is 39.2 Å². The molecule has 27 nitrogen and oxygen atoms in total. The van der Waals surface area contributed by atoms with Crippen LogP contribution in [0.1, 0.15) is 111 Å². The number of esters is 1. The molecular weight excluding hydrogens is 1320 g/mol.